The summed E-state index contributed by atoms with van der Waals surface area (Å²) in [5.74, 6) is 1.82. The monoisotopic (exact) mass is 332 g/mol. The van der Waals surface area contributed by atoms with Crippen LogP contribution in [0.4, 0.5) is 0 Å². The summed E-state index contributed by atoms with van der Waals surface area (Å²) >= 11 is 1.89. The lowest BCUT2D eigenvalue weighted by atomic mass is 10.0. The second kappa shape index (κ2) is 8.15. The molecule has 0 atom stereocenters. The van der Waals surface area contributed by atoms with Crippen LogP contribution in [-0.2, 0) is 25.7 Å². The van der Waals surface area contributed by atoms with Crippen LogP contribution in [0.25, 0.3) is 0 Å². The van der Waals surface area contributed by atoms with Gasteiger partial charge < -0.3 is 15.1 Å². The van der Waals surface area contributed by atoms with Crippen LogP contribution >= 0.6 is 11.3 Å². The van der Waals surface area contributed by atoms with Gasteiger partial charge in [-0.3, -0.25) is 4.99 Å². The number of fused-ring (bicyclic) bond motifs is 1. The molecule has 0 amide bonds. The molecule has 3 rings (SSSR count). The molecule has 1 aliphatic carbocycles. The minimum atomic E-state index is 0.804. The molecular weight excluding hydrogens is 308 g/mol. The summed E-state index contributed by atoms with van der Waals surface area (Å²) in [5, 5.41) is 7.90. The van der Waals surface area contributed by atoms with Crippen LogP contribution in [0, 0.1) is 0 Å². The Morgan fingerprint density at radius 1 is 1.26 bits per heavy atom. The highest BCUT2D eigenvalue weighted by molar-refractivity contribution is 7.11. The van der Waals surface area contributed by atoms with Gasteiger partial charge in [0.1, 0.15) is 5.76 Å². The zero-order valence-corrected chi connectivity index (χ0v) is 14.4. The molecule has 2 aromatic heterocycles. The molecule has 0 bridgehead atoms. The van der Waals surface area contributed by atoms with Crippen LogP contribution < -0.4 is 10.6 Å². The molecule has 2 heterocycles. The zero-order valence-electron chi connectivity index (χ0n) is 13.6. The van der Waals surface area contributed by atoms with Gasteiger partial charge in [-0.05, 0) is 37.8 Å². The lowest BCUT2D eigenvalue weighted by molar-refractivity contribution is 0.507. The van der Waals surface area contributed by atoms with Gasteiger partial charge >= 0.3 is 0 Å². The molecule has 0 saturated heterocycles. The maximum atomic E-state index is 5.32. The maximum Gasteiger partial charge on any atom is 0.191 e. The van der Waals surface area contributed by atoms with Gasteiger partial charge in [0.2, 0.25) is 0 Å². The number of rotatable bonds is 6. The topological polar surface area (TPSA) is 62.5 Å². The fourth-order valence-corrected chi connectivity index (χ4v) is 3.94. The summed E-state index contributed by atoms with van der Waals surface area (Å²) in [6, 6.07) is 3.90. The van der Waals surface area contributed by atoms with Gasteiger partial charge in [0.05, 0.1) is 17.0 Å². The van der Waals surface area contributed by atoms with Crippen LogP contribution in [0.15, 0.2) is 27.8 Å². The van der Waals surface area contributed by atoms with Gasteiger partial charge in [-0.15, -0.1) is 11.3 Å². The van der Waals surface area contributed by atoms with Crippen molar-refractivity contribution in [2.24, 2.45) is 4.99 Å². The lowest BCUT2D eigenvalue weighted by Gasteiger charge is -2.10. The molecular formula is C17H24N4OS. The number of aryl methyl sites for hydroxylation is 2. The van der Waals surface area contributed by atoms with E-state index in [4.69, 9.17) is 9.40 Å². The molecule has 1 aliphatic rings. The number of furan rings is 1. The van der Waals surface area contributed by atoms with E-state index in [0.717, 1.165) is 44.1 Å². The van der Waals surface area contributed by atoms with E-state index in [9.17, 15) is 0 Å². The minimum absolute atomic E-state index is 0.804. The van der Waals surface area contributed by atoms with E-state index in [-0.39, 0.29) is 0 Å². The molecule has 124 valence electrons. The standard InChI is InChI=1S/C17H24N4OS/c1-18-17(19-10-8-13-5-4-12-22-13)20-11-9-16-21-14-6-2-3-7-15(14)23-16/h4-5,12H,2-3,6-11H2,1H3,(H2,18,19,20). The van der Waals surface area contributed by atoms with Crippen molar-refractivity contribution >= 4 is 17.3 Å². The van der Waals surface area contributed by atoms with E-state index in [1.807, 2.05) is 23.5 Å². The van der Waals surface area contributed by atoms with Crippen LogP contribution in [0.1, 0.15) is 34.2 Å². The van der Waals surface area contributed by atoms with Gasteiger partial charge in [0.25, 0.3) is 0 Å². The second-order valence-electron chi connectivity index (χ2n) is 5.69. The lowest BCUT2D eigenvalue weighted by Crippen LogP contribution is -2.39. The summed E-state index contributed by atoms with van der Waals surface area (Å²) in [6.07, 6.45) is 8.50. The van der Waals surface area contributed by atoms with Crippen molar-refractivity contribution < 1.29 is 4.42 Å². The number of nitrogens with zero attached hydrogens (tertiary/aromatic N) is 2. The summed E-state index contributed by atoms with van der Waals surface area (Å²) < 4.78 is 5.32. The largest absolute Gasteiger partial charge is 0.469 e. The molecule has 0 aliphatic heterocycles. The third-order valence-electron chi connectivity index (χ3n) is 3.99. The molecule has 0 radical (unpaired) electrons. The van der Waals surface area contributed by atoms with E-state index in [1.54, 1.807) is 13.3 Å². The number of hydrogen-bond acceptors (Lipinski definition) is 4. The van der Waals surface area contributed by atoms with Crippen LogP contribution in [0.5, 0.6) is 0 Å². The van der Waals surface area contributed by atoms with Crippen molar-refractivity contribution in [2.45, 2.75) is 38.5 Å². The molecule has 0 spiro atoms. The Morgan fingerprint density at radius 2 is 2.09 bits per heavy atom. The first-order valence-electron chi connectivity index (χ1n) is 8.29. The first-order valence-corrected chi connectivity index (χ1v) is 9.11. The van der Waals surface area contributed by atoms with Gasteiger partial charge in [-0.25, -0.2) is 4.98 Å². The van der Waals surface area contributed by atoms with Crippen molar-refractivity contribution in [3.63, 3.8) is 0 Å². The summed E-state index contributed by atoms with van der Waals surface area (Å²) in [5.41, 5.74) is 1.34. The van der Waals surface area contributed by atoms with Gasteiger partial charge in [-0.1, -0.05) is 0 Å². The van der Waals surface area contributed by atoms with E-state index in [1.165, 1.54) is 34.8 Å². The number of guanidine groups is 1. The summed E-state index contributed by atoms with van der Waals surface area (Å²) in [6.45, 7) is 1.66. The molecule has 0 saturated carbocycles. The van der Waals surface area contributed by atoms with E-state index in [2.05, 4.69) is 15.6 Å². The maximum absolute atomic E-state index is 5.32. The Bertz CT molecular complexity index is 610. The van der Waals surface area contributed by atoms with Crippen molar-refractivity contribution in [3.8, 4) is 0 Å². The summed E-state index contributed by atoms with van der Waals surface area (Å²) in [7, 11) is 1.80. The van der Waals surface area contributed by atoms with Crippen molar-refractivity contribution in [1.29, 1.82) is 0 Å². The number of thiazole rings is 1. The molecule has 2 aromatic rings. The van der Waals surface area contributed by atoms with E-state index in [0.29, 0.717) is 0 Å². The first kappa shape index (κ1) is 16.1. The van der Waals surface area contributed by atoms with E-state index < -0.39 is 0 Å². The number of aliphatic imine (C=N–C) groups is 1. The van der Waals surface area contributed by atoms with Crippen molar-refractivity contribution in [2.75, 3.05) is 20.1 Å². The highest BCUT2D eigenvalue weighted by Gasteiger charge is 2.14. The fraction of sp³-hybridized carbons (Fsp3) is 0.529. The molecule has 0 unspecified atom stereocenters. The number of aromatic nitrogens is 1. The number of nitrogens with one attached hydrogen (secondary N) is 2. The SMILES string of the molecule is CN=C(NCCc1ccco1)NCCc1nc2c(s1)CCCC2. The molecule has 0 fully saturated rings. The fourth-order valence-electron chi connectivity index (χ4n) is 2.78. The number of hydrogen-bond donors (Lipinski definition) is 2. The van der Waals surface area contributed by atoms with Crippen LogP contribution in [0.2, 0.25) is 0 Å². The average molecular weight is 332 g/mol. The normalized spacial score (nSPS) is 14.6. The highest BCUT2D eigenvalue weighted by Crippen LogP contribution is 2.26. The molecule has 2 N–H and O–H groups in total. The molecule has 0 aromatic carbocycles. The third-order valence-corrected chi connectivity index (χ3v) is 5.21. The van der Waals surface area contributed by atoms with Crippen molar-refractivity contribution in [1.82, 2.24) is 15.6 Å². The van der Waals surface area contributed by atoms with Gasteiger partial charge in [0.15, 0.2) is 5.96 Å². The van der Waals surface area contributed by atoms with Gasteiger partial charge in [0, 0.05) is 37.9 Å². The first-order chi connectivity index (χ1) is 11.3. The Kier molecular flexibility index (Phi) is 5.69. The van der Waals surface area contributed by atoms with Crippen molar-refractivity contribution in [3.05, 3.63) is 39.7 Å². The second-order valence-corrected chi connectivity index (χ2v) is 6.86. The Morgan fingerprint density at radius 3 is 2.83 bits per heavy atom. The predicted molar refractivity (Wildman–Crippen MR) is 94.2 cm³/mol. The average Bonchev–Trinajstić information content (AvgIpc) is 3.22. The predicted octanol–water partition coefficient (Wildman–Crippen LogP) is 2.57. The summed E-state index contributed by atoms with van der Waals surface area (Å²) in [4.78, 5) is 10.5. The Hall–Kier alpha value is -1.82. The Balaban J connectivity index is 1.39. The quantitative estimate of drug-likeness (QED) is 0.630. The smallest absolute Gasteiger partial charge is 0.191 e. The van der Waals surface area contributed by atoms with Crippen LogP contribution in [0.3, 0.4) is 0 Å². The molecule has 5 nitrogen and oxygen atoms in total. The Labute approximate surface area is 141 Å². The highest BCUT2D eigenvalue weighted by atomic mass is 32.1. The molecule has 23 heavy (non-hydrogen) atoms. The van der Waals surface area contributed by atoms with E-state index >= 15 is 0 Å². The molecule has 6 heteroatoms. The zero-order chi connectivity index (χ0) is 15.9. The van der Waals surface area contributed by atoms with Gasteiger partial charge in [-0.2, -0.15) is 0 Å². The third kappa shape index (κ3) is 4.58. The van der Waals surface area contributed by atoms with Crippen LogP contribution in [-0.4, -0.2) is 31.1 Å². The minimum Gasteiger partial charge on any atom is -0.469 e.